The molecule has 9 fully saturated rings. The molecule has 0 aromatic rings. The second-order valence-electron chi connectivity index (χ2n) is 28.0. The molecular weight excluding hydrogens is 1120 g/mol. The number of aliphatic hydroxyl groups is 16. The molecule has 0 aromatic carbocycles. The number of rotatable bonds is 13. The highest BCUT2D eigenvalue weighted by Gasteiger charge is 2.73. The number of allylic oxidation sites excluding steroid dienone is 2. The summed E-state index contributed by atoms with van der Waals surface area (Å²) in [4.78, 5) is 15.4. The van der Waals surface area contributed by atoms with Crippen LogP contribution in [0.25, 0.3) is 0 Å². The van der Waals surface area contributed by atoms with Crippen molar-refractivity contribution >= 4 is 5.97 Å². The van der Waals surface area contributed by atoms with Crippen LogP contribution in [0.3, 0.4) is 0 Å². The third-order valence-electron chi connectivity index (χ3n) is 22.6. The Hall–Kier alpha value is -1.79. The highest BCUT2D eigenvalue weighted by molar-refractivity contribution is 5.80. The van der Waals surface area contributed by atoms with E-state index in [0.29, 0.717) is 32.1 Å². The van der Waals surface area contributed by atoms with Gasteiger partial charge >= 0.3 is 5.97 Å². The van der Waals surface area contributed by atoms with Crippen LogP contribution in [0, 0.1) is 50.2 Å². The molecule has 0 aromatic heterocycles. The van der Waals surface area contributed by atoms with Crippen molar-refractivity contribution in [3.63, 3.8) is 0 Å². The molecule has 5 saturated heterocycles. The number of esters is 1. The largest absolute Gasteiger partial charge is 0.432 e. The topological polar surface area (TPSA) is 433 Å². The molecule has 5 aliphatic carbocycles. The fourth-order valence-corrected chi connectivity index (χ4v) is 17.4. The lowest BCUT2D eigenvalue weighted by Gasteiger charge is -2.72. The van der Waals surface area contributed by atoms with Gasteiger partial charge in [-0.3, -0.25) is 4.79 Å². The molecule has 16 N–H and O–H groups in total. The molecule has 27 nitrogen and oxygen atoms in total. The van der Waals surface area contributed by atoms with Crippen molar-refractivity contribution < 1.29 is 134 Å². The van der Waals surface area contributed by atoms with E-state index in [-0.39, 0.29) is 36.5 Å². The lowest BCUT2D eigenvalue weighted by atomic mass is 9.33. The number of hydrogen-bond acceptors (Lipinski definition) is 27. The smallest absolute Gasteiger partial charge is 0.317 e. The Morgan fingerprint density at radius 3 is 1.92 bits per heavy atom. The normalized spacial score (nSPS) is 55.6. The second kappa shape index (κ2) is 23.5. The molecule has 5 aliphatic heterocycles. The van der Waals surface area contributed by atoms with Crippen LogP contribution < -0.4 is 0 Å². The molecule has 5 heterocycles. The SMILES string of the molecule is C[C@@H]1O[C@@H](O[C@H]2[C@H](OC(=O)[C@]34CCC(C)(C)C[C@H]3C3=CC[C@@H]5[C@@]6(C)C[C@H](O)[C@H](O[C@@H]7O[C@H](CO)[C@@H](O)[C@H](O)[C@H]7O)[C@](C)(CO)[C@@H]6CC[C@@]5(C)[C@]3(C)C[C@H]4O)OC[C@H](O)[C@@H]2O)[C@H](O)[C@H](O)[C@H]1O[C@@H]1OC[C@@H](O)[C@H](O[C@@H]2OC[C@](O)(CO)[C@H]2O)[C@H]1O. The summed E-state index contributed by atoms with van der Waals surface area (Å²) in [6, 6.07) is 0. The van der Waals surface area contributed by atoms with E-state index in [2.05, 4.69) is 40.7 Å². The standard InChI is InChI=1S/C57H92O27/c1-23-40(80-45-39(71)41(28(63)19-75-45)81-49-43(72)56(74,21-60)22-77-49)36(68)38(70)46(78-23)82-42-33(65)27(62)18-76-48(42)84-50(73)57-13-12-51(2,3)14-25(57)24-8-9-31-52(4)15-26(61)44(83-47-37(69)35(67)34(66)29(17-58)79-47)53(5,20-59)30(52)10-11-54(31,6)55(24,7)16-32(57)64/h8,23,25-49,58-72,74H,9-22H2,1-7H3/t23-,25-,26-,27-,28+,29+,30+,31+,32+,33-,34+,35-,36-,37+,38+,39+,40-,41-,42+,43-,44-,45-,46-,47-,48-,49-,52-,53+,54+,55+,56+,57+/m0/s1. The average molecular weight is 1210 g/mol. The molecule has 10 rings (SSSR count). The first-order chi connectivity index (χ1) is 39.3. The Kier molecular flexibility index (Phi) is 18.2. The van der Waals surface area contributed by atoms with Gasteiger partial charge in [-0.25, -0.2) is 0 Å². The van der Waals surface area contributed by atoms with Gasteiger partial charge in [0.05, 0.1) is 64.1 Å². The molecule has 0 unspecified atom stereocenters. The number of aliphatic hydroxyl groups excluding tert-OH is 15. The van der Waals surface area contributed by atoms with Gasteiger partial charge in [-0.2, -0.15) is 0 Å². The molecule has 482 valence electrons. The summed E-state index contributed by atoms with van der Waals surface area (Å²) in [5.74, 6) is -1.84. The summed E-state index contributed by atoms with van der Waals surface area (Å²) in [5, 5.41) is 176. The van der Waals surface area contributed by atoms with E-state index in [9.17, 15) is 81.7 Å². The van der Waals surface area contributed by atoms with Crippen molar-refractivity contribution in [3.05, 3.63) is 11.6 Å². The third-order valence-corrected chi connectivity index (χ3v) is 22.6. The Bertz CT molecular complexity index is 2370. The molecule has 0 radical (unpaired) electrons. The first-order valence-corrected chi connectivity index (χ1v) is 29.7. The van der Waals surface area contributed by atoms with Gasteiger partial charge in [0.1, 0.15) is 90.4 Å². The van der Waals surface area contributed by atoms with Crippen molar-refractivity contribution in [3.8, 4) is 0 Å². The predicted octanol–water partition coefficient (Wildman–Crippen LogP) is -4.35. The van der Waals surface area contributed by atoms with Gasteiger partial charge < -0.3 is 129 Å². The maximum atomic E-state index is 15.4. The van der Waals surface area contributed by atoms with E-state index in [0.717, 1.165) is 5.57 Å². The van der Waals surface area contributed by atoms with E-state index in [1.165, 1.54) is 6.92 Å². The van der Waals surface area contributed by atoms with Gasteiger partial charge in [0.25, 0.3) is 0 Å². The fourth-order valence-electron chi connectivity index (χ4n) is 17.4. The van der Waals surface area contributed by atoms with Gasteiger partial charge in [0.2, 0.25) is 6.29 Å². The number of fused-ring (bicyclic) bond motifs is 7. The van der Waals surface area contributed by atoms with Gasteiger partial charge in [-0.15, -0.1) is 0 Å². The Morgan fingerprint density at radius 2 is 1.25 bits per heavy atom. The molecule has 27 heteroatoms. The number of carbonyl (C=O) groups is 1. The highest BCUT2D eigenvalue weighted by atomic mass is 16.8. The maximum absolute atomic E-state index is 15.4. The van der Waals surface area contributed by atoms with Gasteiger partial charge in [0, 0.05) is 5.41 Å². The number of carbonyl (C=O) groups excluding carboxylic acids is 1. The van der Waals surface area contributed by atoms with Crippen molar-refractivity contribution in [2.45, 2.75) is 247 Å². The van der Waals surface area contributed by atoms with Crippen LogP contribution in [0.5, 0.6) is 0 Å². The molecule has 4 saturated carbocycles. The number of ether oxygens (including phenoxy) is 10. The fraction of sp³-hybridized carbons (Fsp3) is 0.947. The minimum absolute atomic E-state index is 0.124. The summed E-state index contributed by atoms with van der Waals surface area (Å²) in [7, 11) is 0. The summed E-state index contributed by atoms with van der Waals surface area (Å²) in [5.41, 5.74) is -6.04. The van der Waals surface area contributed by atoms with E-state index in [4.69, 9.17) is 47.4 Å². The van der Waals surface area contributed by atoms with Crippen LogP contribution in [-0.2, 0) is 52.2 Å². The molecule has 0 spiro atoms. The quantitative estimate of drug-likeness (QED) is 0.0471. The van der Waals surface area contributed by atoms with Crippen LogP contribution in [-0.4, -0.2) is 274 Å². The highest BCUT2D eigenvalue weighted by Crippen LogP contribution is 2.76. The van der Waals surface area contributed by atoms with Crippen molar-refractivity contribution in [1.29, 1.82) is 0 Å². The summed E-state index contributed by atoms with van der Waals surface area (Å²) in [6.07, 6.45) is -31.2. The molecule has 84 heavy (non-hydrogen) atoms. The van der Waals surface area contributed by atoms with Gasteiger partial charge in [-0.05, 0) is 97.7 Å². The number of hydrogen-bond donors (Lipinski definition) is 16. The third kappa shape index (κ3) is 10.4. The van der Waals surface area contributed by atoms with Gasteiger partial charge in [-0.1, -0.05) is 53.2 Å². The van der Waals surface area contributed by atoms with E-state index < -0.39 is 226 Å². The monoisotopic (exact) mass is 1210 g/mol. The molecule has 10 aliphatic rings. The lowest BCUT2D eigenvalue weighted by Crippen LogP contribution is -2.70. The predicted molar refractivity (Wildman–Crippen MR) is 280 cm³/mol. The first kappa shape index (κ1) is 65.2. The van der Waals surface area contributed by atoms with E-state index in [1.807, 2.05) is 6.92 Å². The maximum Gasteiger partial charge on any atom is 0.317 e. The molecule has 32 atom stereocenters. The molecular formula is C57H92O27. The Labute approximate surface area is 486 Å². The minimum Gasteiger partial charge on any atom is -0.432 e. The van der Waals surface area contributed by atoms with E-state index >= 15 is 4.79 Å². The molecule has 0 amide bonds. The van der Waals surface area contributed by atoms with Crippen LogP contribution in [0.4, 0.5) is 0 Å². The van der Waals surface area contributed by atoms with E-state index in [1.54, 1.807) is 0 Å². The lowest BCUT2D eigenvalue weighted by molar-refractivity contribution is -0.372. The van der Waals surface area contributed by atoms with Gasteiger partial charge in [0.15, 0.2) is 31.3 Å². The van der Waals surface area contributed by atoms with Crippen LogP contribution in [0.2, 0.25) is 0 Å². The summed E-state index contributed by atoms with van der Waals surface area (Å²) < 4.78 is 58.6. The summed E-state index contributed by atoms with van der Waals surface area (Å²) in [6.45, 7) is 10.4. The first-order valence-electron chi connectivity index (χ1n) is 29.7. The van der Waals surface area contributed by atoms with Crippen molar-refractivity contribution in [1.82, 2.24) is 0 Å². The van der Waals surface area contributed by atoms with Crippen LogP contribution in [0.15, 0.2) is 11.6 Å². The Balaban J connectivity index is 0.858. The zero-order valence-electron chi connectivity index (χ0n) is 48.6. The average Bonchev–Trinajstić information content (AvgIpc) is 1.12. The van der Waals surface area contributed by atoms with Crippen LogP contribution >= 0.6 is 0 Å². The van der Waals surface area contributed by atoms with Crippen molar-refractivity contribution in [2.75, 3.05) is 39.6 Å². The second-order valence-corrected chi connectivity index (χ2v) is 28.0. The summed E-state index contributed by atoms with van der Waals surface area (Å²) >= 11 is 0. The minimum atomic E-state index is -2.07. The zero-order chi connectivity index (χ0) is 61.3. The molecule has 0 bridgehead atoms. The zero-order valence-corrected chi connectivity index (χ0v) is 48.6. The van der Waals surface area contributed by atoms with Crippen molar-refractivity contribution in [2.24, 2.45) is 50.2 Å². The Morgan fingerprint density at radius 1 is 0.607 bits per heavy atom. The van der Waals surface area contributed by atoms with Crippen LogP contribution in [0.1, 0.15) is 99.8 Å².